The van der Waals surface area contributed by atoms with E-state index >= 15 is 0 Å². The molecule has 1 fully saturated rings. The third-order valence-electron chi connectivity index (χ3n) is 7.34. The van der Waals surface area contributed by atoms with Crippen molar-refractivity contribution in [1.82, 2.24) is 5.32 Å². The molecule has 0 aliphatic heterocycles. The first-order valence-corrected chi connectivity index (χ1v) is 17.6. The number of ether oxygens (including phenoxy) is 1. The van der Waals surface area contributed by atoms with Gasteiger partial charge >= 0.3 is 13.9 Å². The molecule has 1 saturated carbocycles. The second-order valence-electron chi connectivity index (χ2n) is 10.8. The number of phosphoric ester groups is 1. The van der Waals surface area contributed by atoms with Crippen LogP contribution in [-0.4, -0.2) is 42.7 Å². The van der Waals surface area contributed by atoms with E-state index in [1.807, 2.05) is 0 Å². The fraction of sp³-hybridized carbons (Fsp3) is 0.964. The summed E-state index contributed by atoms with van der Waals surface area (Å²) in [6, 6.07) is 0. The van der Waals surface area contributed by atoms with Crippen LogP contribution in [0.2, 0.25) is 0 Å². The maximum Gasteiger partial charge on any atom is 0.472 e. The Morgan fingerprint density at radius 2 is 1.30 bits per heavy atom. The summed E-state index contributed by atoms with van der Waals surface area (Å²) >= 11 is 3.16. The lowest BCUT2D eigenvalue weighted by molar-refractivity contribution is 0.0349. The quantitative estimate of drug-likeness (QED) is 0.0607. The molecule has 0 aromatic carbocycles. The van der Waals surface area contributed by atoms with E-state index in [1.54, 1.807) is 0 Å². The molecule has 0 aromatic heterocycles. The predicted molar refractivity (Wildman–Crippen MR) is 155 cm³/mol. The van der Waals surface area contributed by atoms with Gasteiger partial charge < -0.3 is 14.9 Å². The number of amides is 1. The van der Waals surface area contributed by atoms with Gasteiger partial charge in [0.15, 0.2) is 0 Å². The van der Waals surface area contributed by atoms with Gasteiger partial charge in [0.1, 0.15) is 6.61 Å². The van der Waals surface area contributed by atoms with Crippen molar-refractivity contribution in [2.75, 3.05) is 31.7 Å². The zero-order valence-corrected chi connectivity index (χ0v) is 26.0. The molecule has 1 aliphatic carbocycles. The van der Waals surface area contributed by atoms with Gasteiger partial charge in [0.2, 0.25) is 0 Å². The highest BCUT2D eigenvalue weighted by Gasteiger charge is 2.38. The summed E-state index contributed by atoms with van der Waals surface area (Å²) in [4.78, 5) is 21.9. The number of halogens is 1. The van der Waals surface area contributed by atoms with Crippen molar-refractivity contribution >= 4 is 29.8 Å². The molecule has 0 bridgehead atoms. The normalized spacial score (nSPS) is 16.5. The molecule has 1 rings (SSSR count). The van der Waals surface area contributed by atoms with Gasteiger partial charge in [-0.2, -0.15) is 0 Å². The molecule has 0 heterocycles. The number of alkyl carbamates (subject to hydrolysis) is 1. The third kappa shape index (κ3) is 19.5. The number of carbonyl (C=O) groups is 1. The van der Waals surface area contributed by atoms with E-state index in [0.717, 1.165) is 38.5 Å². The number of nitrogens with one attached hydrogen (secondary N) is 1. The summed E-state index contributed by atoms with van der Waals surface area (Å²) in [6.07, 6.45) is 24.4. The maximum absolute atomic E-state index is 12.1. The Balaban J connectivity index is 1.97. The van der Waals surface area contributed by atoms with Gasteiger partial charge in [0.05, 0.1) is 13.2 Å². The van der Waals surface area contributed by atoms with Gasteiger partial charge in [-0.15, -0.1) is 0 Å². The molecular weight excluding hydrogens is 557 g/mol. The van der Waals surface area contributed by atoms with Crippen LogP contribution in [0.3, 0.4) is 0 Å². The molecule has 7 nitrogen and oxygen atoms in total. The van der Waals surface area contributed by atoms with Crippen molar-refractivity contribution in [3.63, 3.8) is 0 Å². The number of unbranched alkanes of at least 4 members (excludes halogenated alkanes) is 15. The highest BCUT2D eigenvalue weighted by atomic mass is 79.9. The summed E-state index contributed by atoms with van der Waals surface area (Å²) < 4.78 is 27.5. The Kier molecular flexibility index (Phi) is 21.4. The number of hydrogen-bond donors (Lipinski definition) is 2. The van der Waals surface area contributed by atoms with E-state index in [1.165, 1.54) is 89.9 Å². The molecule has 0 radical (unpaired) electrons. The van der Waals surface area contributed by atoms with E-state index in [0.29, 0.717) is 11.9 Å². The van der Waals surface area contributed by atoms with Crippen LogP contribution < -0.4 is 5.32 Å². The van der Waals surface area contributed by atoms with Crippen LogP contribution in [0.4, 0.5) is 4.79 Å². The third-order valence-corrected chi connectivity index (χ3v) is 8.63. The minimum absolute atomic E-state index is 0.0511. The largest absolute Gasteiger partial charge is 0.472 e. The molecule has 1 aliphatic rings. The smallest absolute Gasteiger partial charge is 0.449 e. The van der Waals surface area contributed by atoms with Crippen molar-refractivity contribution in [2.45, 2.75) is 135 Å². The second-order valence-corrected chi connectivity index (χ2v) is 13.0. The number of phosphoric acid groups is 1. The molecular formula is C28H55BrNO6P. The summed E-state index contributed by atoms with van der Waals surface area (Å²) in [6.45, 7) is 3.23. The lowest BCUT2D eigenvalue weighted by Crippen LogP contribution is -2.34. The Morgan fingerprint density at radius 3 is 1.78 bits per heavy atom. The van der Waals surface area contributed by atoms with Crippen molar-refractivity contribution in [1.29, 1.82) is 0 Å². The second kappa shape index (κ2) is 22.7. The van der Waals surface area contributed by atoms with E-state index in [9.17, 15) is 14.3 Å². The zero-order valence-electron chi connectivity index (χ0n) is 23.5. The molecule has 37 heavy (non-hydrogen) atoms. The van der Waals surface area contributed by atoms with E-state index in [2.05, 4.69) is 28.2 Å². The van der Waals surface area contributed by atoms with Crippen LogP contribution in [0.5, 0.6) is 0 Å². The van der Waals surface area contributed by atoms with Crippen molar-refractivity contribution < 1.29 is 28.0 Å². The Morgan fingerprint density at radius 1 is 0.811 bits per heavy atom. The highest BCUT2D eigenvalue weighted by molar-refractivity contribution is 9.09. The minimum atomic E-state index is -4.09. The van der Waals surface area contributed by atoms with Gasteiger partial charge in [-0.25, -0.2) is 9.36 Å². The zero-order chi connectivity index (χ0) is 27.1. The highest BCUT2D eigenvalue weighted by Crippen LogP contribution is 2.48. The molecule has 0 aromatic rings. The minimum Gasteiger partial charge on any atom is -0.449 e. The Hall–Kier alpha value is -0.140. The lowest BCUT2D eigenvalue weighted by atomic mass is 9.88. The number of carbonyl (C=O) groups excluding carboxylic acids is 1. The average Bonchev–Trinajstić information content (AvgIpc) is 3.36. The summed E-state index contributed by atoms with van der Waals surface area (Å²) in [5.74, 6) is 0. The van der Waals surface area contributed by atoms with Crippen LogP contribution in [0, 0.1) is 5.41 Å². The average molecular weight is 613 g/mol. The SMILES string of the molecule is CCCCCCCCCCCCCCCCCCNC(=O)OCC1(COP(=O)(O)OCCBr)CCCC1. The standard InChI is InChI=1S/C28H55BrNO6P/c1-2-3-4-5-6-7-8-9-10-11-12-13-14-15-16-19-23-30-27(31)34-25-28(20-17-18-21-28)26-36-37(32,33)35-24-22-29/h2-26H2,1H3,(H,30,31)(H,32,33). The molecule has 9 heteroatoms. The van der Waals surface area contributed by atoms with Crippen LogP contribution in [0.25, 0.3) is 0 Å². The van der Waals surface area contributed by atoms with Gasteiger partial charge in [-0.3, -0.25) is 9.05 Å². The van der Waals surface area contributed by atoms with Crippen LogP contribution in [0.15, 0.2) is 0 Å². The first kappa shape index (κ1) is 34.9. The molecule has 1 amide bonds. The molecule has 2 N–H and O–H groups in total. The fourth-order valence-corrected chi connectivity index (χ4v) is 6.24. The lowest BCUT2D eigenvalue weighted by Gasteiger charge is -2.28. The summed E-state index contributed by atoms with van der Waals surface area (Å²) in [7, 11) is -4.09. The number of alkyl halides is 1. The first-order valence-electron chi connectivity index (χ1n) is 15.0. The number of hydrogen-bond acceptors (Lipinski definition) is 5. The van der Waals surface area contributed by atoms with Gasteiger partial charge in [-0.1, -0.05) is 132 Å². The van der Waals surface area contributed by atoms with Crippen LogP contribution in [-0.2, 0) is 18.3 Å². The maximum atomic E-state index is 12.1. The van der Waals surface area contributed by atoms with Gasteiger partial charge in [0.25, 0.3) is 0 Å². The van der Waals surface area contributed by atoms with Crippen LogP contribution in [0.1, 0.15) is 135 Å². The van der Waals surface area contributed by atoms with E-state index in [4.69, 9.17) is 13.8 Å². The van der Waals surface area contributed by atoms with Gasteiger partial charge in [-0.05, 0) is 19.3 Å². The van der Waals surface area contributed by atoms with Gasteiger partial charge in [0, 0.05) is 17.3 Å². The fourth-order valence-electron chi connectivity index (χ4n) is 4.99. The predicted octanol–water partition coefficient (Wildman–Crippen LogP) is 9.06. The number of rotatable bonds is 25. The Labute approximate surface area is 235 Å². The van der Waals surface area contributed by atoms with E-state index in [-0.39, 0.29) is 19.8 Å². The first-order chi connectivity index (χ1) is 17.9. The topological polar surface area (TPSA) is 94.1 Å². The summed E-state index contributed by atoms with van der Waals surface area (Å²) in [5.41, 5.74) is -0.415. The summed E-state index contributed by atoms with van der Waals surface area (Å²) in [5, 5.41) is 3.29. The molecule has 1 atom stereocenters. The monoisotopic (exact) mass is 611 g/mol. The Bertz CT molecular complexity index is 603. The van der Waals surface area contributed by atoms with E-state index < -0.39 is 19.3 Å². The van der Waals surface area contributed by atoms with Crippen molar-refractivity contribution in [2.24, 2.45) is 5.41 Å². The molecule has 0 saturated heterocycles. The molecule has 220 valence electrons. The molecule has 1 unspecified atom stereocenters. The van der Waals surface area contributed by atoms with Crippen molar-refractivity contribution in [3.05, 3.63) is 0 Å². The van der Waals surface area contributed by atoms with Crippen LogP contribution >= 0.6 is 23.8 Å². The molecule has 0 spiro atoms. The van der Waals surface area contributed by atoms with Crippen molar-refractivity contribution in [3.8, 4) is 0 Å².